The molecule has 0 saturated carbocycles. The Hall–Kier alpha value is -13.7. The van der Waals surface area contributed by atoms with Crippen molar-refractivity contribution >= 4 is 116 Å². The summed E-state index contributed by atoms with van der Waals surface area (Å²) in [5.74, 6) is 0.0149. The van der Waals surface area contributed by atoms with Gasteiger partial charge in [0.15, 0.2) is 5.78 Å². The molecule has 9 aromatic heterocycles. The molecule has 136 heavy (non-hydrogen) atoms. The van der Waals surface area contributed by atoms with E-state index in [9.17, 15) is 39.3 Å². The van der Waals surface area contributed by atoms with Crippen molar-refractivity contribution in [3.05, 3.63) is 382 Å². The van der Waals surface area contributed by atoms with Crippen molar-refractivity contribution in [2.75, 3.05) is 66.2 Å². The van der Waals surface area contributed by atoms with Gasteiger partial charge in [-0.15, -0.1) is 0 Å². The molecule has 4 aliphatic heterocycles. The average molecular weight is 1850 g/mol. The third kappa shape index (κ3) is 19.6. The Kier molecular flexibility index (Phi) is 27.5. The lowest BCUT2D eigenvalue weighted by Gasteiger charge is -2.36. The summed E-state index contributed by atoms with van der Waals surface area (Å²) in [6, 6.07) is 68.1. The zero-order chi connectivity index (χ0) is 93.6. The van der Waals surface area contributed by atoms with Crippen LogP contribution in [0.1, 0.15) is 129 Å². The van der Waals surface area contributed by atoms with Crippen molar-refractivity contribution in [3.8, 4) is 11.3 Å². The Morgan fingerprint density at radius 1 is 0.397 bits per heavy atom. The first-order chi connectivity index (χ1) is 66.3. The highest BCUT2D eigenvalue weighted by atomic mass is 35.5. The fourth-order valence-electron chi connectivity index (χ4n) is 19.6. The van der Waals surface area contributed by atoms with Crippen molar-refractivity contribution in [3.63, 3.8) is 0 Å². The van der Waals surface area contributed by atoms with E-state index in [4.69, 9.17) is 42.6 Å². The number of ether oxygens (including phenoxy) is 2. The van der Waals surface area contributed by atoms with Gasteiger partial charge in [-0.25, -0.2) is 29.9 Å². The van der Waals surface area contributed by atoms with Gasteiger partial charge in [0.1, 0.15) is 10.3 Å². The number of nitrogens with zero attached hydrogens (tertiary/aromatic N) is 15. The monoisotopic (exact) mass is 1850 g/mol. The van der Waals surface area contributed by atoms with Crippen LogP contribution in [0.3, 0.4) is 0 Å². The van der Waals surface area contributed by atoms with Crippen molar-refractivity contribution in [2.24, 2.45) is 0 Å². The number of Topliss-reactive ketones (excluding diaryl/α,β-unsaturated/α-hetero) is 1. The lowest BCUT2D eigenvalue weighted by atomic mass is 9.95. The number of fused-ring (bicyclic) bond motifs is 12. The molecular formula is C109H101Cl2N15O10. The Bertz CT molecular complexity index is 7770. The van der Waals surface area contributed by atoms with E-state index >= 15 is 0 Å². The number of carbonyl (C=O) groups excluding carboxylic acids is 1. The number of aryl methyl sites for hydroxylation is 2. The molecule has 0 aliphatic carbocycles. The number of ketones is 1. The van der Waals surface area contributed by atoms with Crippen LogP contribution in [-0.4, -0.2) is 179 Å². The van der Waals surface area contributed by atoms with Gasteiger partial charge in [0.25, 0.3) is 22.2 Å². The second-order valence-corrected chi connectivity index (χ2v) is 36.4. The summed E-state index contributed by atoms with van der Waals surface area (Å²) in [5, 5.41) is 43.3. The summed E-state index contributed by atoms with van der Waals surface area (Å²) in [4.78, 5) is 112. The number of aromatic nitrogens is 13. The lowest BCUT2D eigenvalue weighted by molar-refractivity contribution is -0.0395. The van der Waals surface area contributed by atoms with Crippen LogP contribution in [0, 0.1) is 6.92 Å². The van der Waals surface area contributed by atoms with Crippen molar-refractivity contribution in [1.29, 1.82) is 0 Å². The van der Waals surface area contributed by atoms with Gasteiger partial charge >= 0.3 is 0 Å². The minimum Gasteiger partial charge on any atom is -0.390 e. The molecule has 4 fully saturated rings. The standard InChI is InChI=1S/C31H27ClN4O3.C29H26N4O3.C25H25N3O3.C24H23ClN4O/c32-29-11-10-20(16-33-29)14-22-15-25-30(24-9-5-4-8-23(22)24)34-19-36(31(25)39)26-12-13-35(18-28(26)38)17-27(37)21-6-2-1-3-7-21;1-18-12-20(7-10-30-18)25-14-19(6-9-31-25)13-21-15-24-28(23-5-3-2-4-22(21)23)32-17-33(29(24)35)26-8-11-36-16-27(26)34;1-2-18-12-16(7-9-26-18)11-17-13-21-24(20-6-4-3-5-19(17)20)27-15-28(25(21)30)22-8-10-31-14-23(22)29;1-28-10-8-18(9-11-28)29-15-27-23-20-5-3-2-4-19(20)17(13-21(23)24(29)30)12-16-6-7-22(25)26-14-16/h1-11,15-16,19,26,28,38H,12-14,17-18H2;2-7,9-10,12,14-15,17,26-27,34H,8,11,13,16H2,1H3;3-7,9,12-13,15,22-23,29H,2,8,10-11,14H2,1H3;2-7,13-15,18H,8-12H2,1H3/t26-,28-;26-,27-;22-,23-;/m000./s1. The Labute approximate surface area is 793 Å². The zero-order valence-electron chi connectivity index (χ0n) is 75.5. The predicted molar refractivity (Wildman–Crippen MR) is 533 cm³/mol. The zero-order valence-corrected chi connectivity index (χ0v) is 77.1. The van der Waals surface area contributed by atoms with E-state index < -0.39 is 24.4 Å². The van der Waals surface area contributed by atoms with Crippen LogP contribution in [-0.2, 0) is 41.6 Å². The largest absolute Gasteiger partial charge is 0.390 e. The Morgan fingerprint density at radius 2 is 0.801 bits per heavy atom. The molecule has 13 heterocycles. The number of halogens is 2. The molecule has 18 aromatic rings. The smallest absolute Gasteiger partial charge is 0.261 e. The molecule has 686 valence electrons. The number of pyridine rings is 5. The van der Waals surface area contributed by atoms with Crippen LogP contribution in [0.25, 0.3) is 98.0 Å². The Morgan fingerprint density at radius 3 is 1.23 bits per heavy atom. The number of hydrogen-bond acceptors (Lipinski definition) is 21. The highest BCUT2D eigenvalue weighted by Crippen LogP contribution is 2.36. The second-order valence-electron chi connectivity index (χ2n) is 35.6. The Balaban J connectivity index is 0.000000117. The van der Waals surface area contributed by atoms with Crippen LogP contribution in [0.4, 0.5) is 0 Å². The van der Waals surface area contributed by atoms with Crippen LogP contribution in [0.5, 0.6) is 0 Å². The SMILES string of the molecule is CCc1cc(Cc2cc3c(=O)n([C@H]4CCOC[C@@H]4O)cnc3c3ccccc23)ccn1.CN1CCC(n2cnc3c(cc(Cc4ccc(Cl)nc4)c4ccccc43)c2=O)CC1.Cc1cc(-c2cc(Cc3cc4c(=O)n([C@H]5CCOC[C@@H]5O)cnc4c4ccccc34)ccn2)ccn1.O=C(CN1CC[C@H](n2cnc3c(cc(Cc4ccc(Cl)nc4)c4ccccc43)c2=O)[C@@H](O)C1)c1ccccc1. The van der Waals surface area contributed by atoms with Crippen molar-refractivity contribution < 1.29 is 29.6 Å². The molecule has 25 nitrogen and oxygen atoms in total. The summed E-state index contributed by atoms with van der Waals surface area (Å²) in [7, 11) is 2.13. The second kappa shape index (κ2) is 40.9. The fourth-order valence-corrected chi connectivity index (χ4v) is 19.9. The van der Waals surface area contributed by atoms with E-state index in [1.54, 1.807) is 81.9 Å². The summed E-state index contributed by atoms with van der Waals surface area (Å²) in [6.45, 7) is 8.69. The fraction of sp³-hybridized carbons (Fsp3) is 0.266. The van der Waals surface area contributed by atoms with Crippen molar-refractivity contribution in [2.45, 2.75) is 121 Å². The summed E-state index contributed by atoms with van der Waals surface area (Å²) in [6.07, 6.45) is 20.3. The average Bonchev–Trinajstić information content (AvgIpc) is 0.765. The summed E-state index contributed by atoms with van der Waals surface area (Å²) in [5.41, 5.74) is 15.5. The molecule has 0 radical (unpaired) electrons. The lowest BCUT2D eigenvalue weighted by Crippen LogP contribution is -2.48. The van der Waals surface area contributed by atoms with Gasteiger partial charge in [0.2, 0.25) is 0 Å². The van der Waals surface area contributed by atoms with Crippen LogP contribution < -0.4 is 22.2 Å². The first-order valence-electron chi connectivity index (χ1n) is 46.2. The molecule has 3 N–H and O–H groups in total. The molecule has 4 saturated heterocycles. The van der Waals surface area contributed by atoms with Gasteiger partial charge in [-0.3, -0.25) is 62.1 Å². The third-order valence-electron chi connectivity index (χ3n) is 26.8. The molecular weight excluding hydrogens is 1750 g/mol. The molecule has 0 amide bonds. The minimum absolute atomic E-state index is 0.0149. The van der Waals surface area contributed by atoms with Gasteiger partial charge in [-0.2, -0.15) is 0 Å². The van der Waals surface area contributed by atoms with Gasteiger partial charge in [0.05, 0.1) is 131 Å². The van der Waals surface area contributed by atoms with Gasteiger partial charge in [-0.1, -0.05) is 170 Å². The van der Waals surface area contributed by atoms with E-state index in [0.29, 0.717) is 125 Å². The predicted octanol–water partition coefficient (Wildman–Crippen LogP) is 16.8. The van der Waals surface area contributed by atoms with Gasteiger partial charge in [-0.05, 0) is 230 Å². The number of carbonyl (C=O) groups is 1. The molecule has 0 unspecified atom stereocenters. The maximum atomic E-state index is 13.8. The number of benzene rings is 9. The van der Waals surface area contributed by atoms with Crippen molar-refractivity contribution in [1.82, 2.24) is 72.9 Å². The number of β-amino-alcohol motifs (C(OH)–C–C–N with tert-alkyl or cyclic N) is 1. The van der Waals surface area contributed by atoms with Crippen LogP contribution in [0.15, 0.2) is 288 Å². The van der Waals surface area contributed by atoms with E-state index in [-0.39, 0.29) is 65.9 Å². The number of hydrogen-bond donors (Lipinski definition) is 3. The van der Waals surface area contributed by atoms with E-state index in [0.717, 1.165) is 143 Å². The third-order valence-corrected chi connectivity index (χ3v) is 27.2. The number of likely N-dealkylation sites (tertiary alicyclic amines) is 2. The molecule has 0 bridgehead atoms. The maximum Gasteiger partial charge on any atom is 0.261 e. The number of aliphatic hydroxyl groups is 3. The highest BCUT2D eigenvalue weighted by Gasteiger charge is 2.34. The highest BCUT2D eigenvalue weighted by molar-refractivity contribution is 6.29. The molecule has 6 atom stereocenters. The van der Waals surface area contributed by atoms with Crippen LogP contribution >= 0.6 is 23.2 Å². The molecule has 0 spiro atoms. The normalized spacial score (nSPS) is 17.8. The maximum absolute atomic E-state index is 13.8. The minimum atomic E-state index is -0.806. The first-order valence-corrected chi connectivity index (χ1v) is 46.9. The summed E-state index contributed by atoms with van der Waals surface area (Å²) >= 11 is 11.9. The van der Waals surface area contributed by atoms with E-state index in [1.165, 1.54) is 5.56 Å². The number of piperidine rings is 2. The van der Waals surface area contributed by atoms with E-state index in [2.05, 4.69) is 84.1 Å². The topological polar surface area (TPSA) is 307 Å². The quantitative estimate of drug-likeness (QED) is 0.0433. The molecule has 22 rings (SSSR count). The molecule has 4 aliphatic rings. The van der Waals surface area contributed by atoms with Gasteiger partial charge < -0.3 is 29.7 Å². The number of rotatable bonds is 17. The first kappa shape index (κ1) is 91.4. The molecule has 9 aromatic carbocycles. The van der Waals surface area contributed by atoms with Crippen LogP contribution in [0.2, 0.25) is 10.3 Å². The number of aliphatic hydroxyl groups excluding tert-OH is 3. The van der Waals surface area contributed by atoms with E-state index in [1.807, 2.05) is 187 Å². The summed E-state index contributed by atoms with van der Waals surface area (Å²) < 4.78 is 17.2. The van der Waals surface area contributed by atoms with Gasteiger partial charge in [0, 0.05) is 107 Å². The molecule has 27 heteroatoms.